The molecule has 3 aromatic rings. The van der Waals surface area contributed by atoms with E-state index >= 15 is 0 Å². The van der Waals surface area contributed by atoms with Gasteiger partial charge in [-0.3, -0.25) is 4.68 Å². The Morgan fingerprint density at radius 1 is 1.35 bits per heavy atom. The normalized spacial score (nSPS) is 10.7. The van der Waals surface area contributed by atoms with Gasteiger partial charge in [0.15, 0.2) is 0 Å². The van der Waals surface area contributed by atoms with Crippen LogP contribution < -0.4 is 5.32 Å². The fourth-order valence-electron chi connectivity index (χ4n) is 1.97. The van der Waals surface area contributed by atoms with E-state index in [1.807, 2.05) is 42.2 Å². The van der Waals surface area contributed by atoms with Crippen LogP contribution in [0.15, 0.2) is 30.5 Å². The van der Waals surface area contributed by atoms with Crippen molar-refractivity contribution in [1.82, 2.24) is 30.4 Å². The lowest BCUT2D eigenvalue weighted by Crippen LogP contribution is -2.01. The van der Waals surface area contributed by atoms with E-state index < -0.39 is 0 Å². The zero-order valence-electron chi connectivity index (χ0n) is 11.3. The third kappa shape index (κ3) is 2.37. The maximum absolute atomic E-state index is 4.23. The van der Waals surface area contributed by atoms with E-state index in [1.165, 1.54) is 5.56 Å². The summed E-state index contributed by atoms with van der Waals surface area (Å²) in [5.74, 6) is 0.589. The van der Waals surface area contributed by atoms with Crippen LogP contribution in [0.25, 0.3) is 11.4 Å². The van der Waals surface area contributed by atoms with Gasteiger partial charge in [-0.15, -0.1) is 10.2 Å². The van der Waals surface area contributed by atoms with Gasteiger partial charge >= 0.3 is 0 Å². The van der Waals surface area contributed by atoms with E-state index in [9.17, 15) is 0 Å². The number of hydrogen-bond acceptors (Lipinski definition) is 5. The van der Waals surface area contributed by atoms with Gasteiger partial charge in [-0.25, -0.2) is 0 Å². The van der Waals surface area contributed by atoms with Crippen LogP contribution in [-0.4, -0.2) is 30.4 Å². The van der Waals surface area contributed by atoms with Gasteiger partial charge in [0.05, 0.1) is 6.20 Å². The standard InChI is InChI=1S/C13H15N7/c1-9-11(8-15-20(9)2)7-14-12-5-3-4-10(6-12)13-16-18-19-17-13/h3-6,8,14H,7H2,1-2H3,(H,16,17,18,19). The van der Waals surface area contributed by atoms with Crippen molar-refractivity contribution in [1.29, 1.82) is 0 Å². The van der Waals surface area contributed by atoms with Crippen molar-refractivity contribution in [2.75, 3.05) is 5.32 Å². The minimum absolute atomic E-state index is 0.589. The Balaban J connectivity index is 1.75. The number of benzene rings is 1. The number of nitrogens with one attached hydrogen (secondary N) is 2. The first-order valence-electron chi connectivity index (χ1n) is 6.29. The molecule has 0 amide bonds. The highest BCUT2D eigenvalue weighted by molar-refractivity contribution is 5.61. The largest absolute Gasteiger partial charge is 0.381 e. The van der Waals surface area contributed by atoms with Crippen LogP contribution in [0.3, 0.4) is 0 Å². The molecule has 20 heavy (non-hydrogen) atoms. The Morgan fingerprint density at radius 3 is 2.95 bits per heavy atom. The van der Waals surface area contributed by atoms with Crippen molar-refractivity contribution < 1.29 is 0 Å². The highest BCUT2D eigenvalue weighted by Crippen LogP contribution is 2.19. The van der Waals surface area contributed by atoms with Crippen LogP contribution in [0.5, 0.6) is 0 Å². The number of aryl methyl sites for hydroxylation is 1. The second kappa shape index (κ2) is 5.12. The van der Waals surface area contributed by atoms with Crippen LogP contribution in [0.2, 0.25) is 0 Å². The maximum atomic E-state index is 4.23. The van der Waals surface area contributed by atoms with Crippen molar-refractivity contribution in [2.45, 2.75) is 13.5 Å². The lowest BCUT2D eigenvalue weighted by molar-refractivity contribution is 0.738. The molecule has 0 spiro atoms. The second-order valence-corrected chi connectivity index (χ2v) is 4.55. The fourth-order valence-corrected chi connectivity index (χ4v) is 1.97. The summed E-state index contributed by atoms with van der Waals surface area (Å²) in [5, 5.41) is 21.6. The average Bonchev–Trinajstić information content (AvgIpc) is 3.10. The summed E-state index contributed by atoms with van der Waals surface area (Å²) in [6.07, 6.45) is 1.88. The summed E-state index contributed by atoms with van der Waals surface area (Å²) < 4.78 is 1.87. The molecule has 2 aromatic heterocycles. The first-order chi connectivity index (χ1) is 9.74. The van der Waals surface area contributed by atoms with Gasteiger partial charge in [-0.2, -0.15) is 10.3 Å². The summed E-state index contributed by atoms with van der Waals surface area (Å²) in [6, 6.07) is 7.92. The predicted molar refractivity (Wildman–Crippen MR) is 74.9 cm³/mol. The second-order valence-electron chi connectivity index (χ2n) is 4.55. The summed E-state index contributed by atoms with van der Waals surface area (Å²) >= 11 is 0. The molecule has 0 radical (unpaired) electrons. The lowest BCUT2D eigenvalue weighted by atomic mass is 10.2. The van der Waals surface area contributed by atoms with Crippen LogP contribution in [-0.2, 0) is 13.6 Å². The molecule has 2 heterocycles. The molecule has 0 aliphatic carbocycles. The fraction of sp³-hybridized carbons (Fsp3) is 0.231. The number of anilines is 1. The van der Waals surface area contributed by atoms with Gasteiger partial charge in [-0.1, -0.05) is 12.1 Å². The molecule has 0 saturated heterocycles. The Bertz CT molecular complexity index is 699. The molecule has 0 aliphatic heterocycles. The molecule has 2 N–H and O–H groups in total. The molecular weight excluding hydrogens is 254 g/mol. The number of rotatable bonds is 4. The summed E-state index contributed by atoms with van der Waals surface area (Å²) in [7, 11) is 1.94. The Morgan fingerprint density at radius 2 is 2.25 bits per heavy atom. The Hall–Kier alpha value is -2.70. The number of hydrogen-bond donors (Lipinski definition) is 2. The quantitative estimate of drug-likeness (QED) is 0.750. The van der Waals surface area contributed by atoms with Crippen LogP contribution in [0.1, 0.15) is 11.3 Å². The van der Waals surface area contributed by atoms with Gasteiger partial charge in [0.1, 0.15) is 0 Å². The van der Waals surface area contributed by atoms with E-state index in [-0.39, 0.29) is 0 Å². The third-order valence-corrected chi connectivity index (χ3v) is 3.29. The third-order valence-electron chi connectivity index (χ3n) is 3.29. The van der Waals surface area contributed by atoms with E-state index in [1.54, 1.807) is 0 Å². The molecule has 0 aliphatic rings. The Kier molecular flexibility index (Phi) is 3.16. The molecular formula is C13H15N7. The molecule has 0 fully saturated rings. The van der Waals surface area contributed by atoms with Gasteiger partial charge in [-0.05, 0) is 24.3 Å². The van der Waals surface area contributed by atoms with Crippen molar-refractivity contribution in [2.24, 2.45) is 7.05 Å². The summed E-state index contributed by atoms with van der Waals surface area (Å²) in [5.41, 5.74) is 4.27. The molecule has 102 valence electrons. The molecule has 0 atom stereocenters. The van der Waals surface area contributed by atoms with E-state index in [0.717, 1.165) is 23.5 Å². The monoisotopic (exact) mass is 269 g/mol. The first-order valence-corrected chi connectivity index (χ1v) is 6.29. The first kappa shape index (κ1) is 12.3. The summed E-state index contributed by atoms with van der Waals surface area (Å²) in [6.45, 7) is 2.79. The molecule has 7 nitrogen and oxygen atoms in total. The predicted octanol–water partition coefficient (Wildman–Crippen LogP) is 1.52. The lowest BCUT2D eigenvalue weighted by Gasteiger charge is -2.07. The number of aromatic nitrogens is 6. The van der Waals surface area contributed by atoms with E-state index in [0.29, 0.717) is 5.82 Å². The van der Waals surface area contributed by atoms with Crippen molar-refractivity contribution in [3.63, 3.8) is 0 Å². The van der Waals surface area contributed by atoms with Crippen LogP contribution in [0.4, 0.5) is 5.69 Å². The van der Waals surface area contributed by atoms with Crippen molar-refractivity contribution >= 4 is 5.69 Å². The van der Waals surface area contributed by atoms with Gasteiger partial charge in [0.25, 0.3) is 0 Å². The molecule has 0 saturated carbocycles. The minimum Gasteiger partial charge on any atom is -0.381 e. The maximum Gasteiger partial charge on any atom is 0.204 e. The zero-order chi connectivity index (χ0) is 13.9. The van der Waals surface area contributed by atoms with Gasteiger partial charge in [0, 0.05) is 36.1 Å². The number of aromatic amines is 1. The zero-order valence-corrected chi connectivity index (χ0v) is 11.3. The Labute approximate surface area is 116 Å². The number of H-pyrrole nitrogens is 1. The molecule has 7 heteroatoms. The topological polar surface area (TPSA) is 84.3 Å². The van der Waals surface area contributed by atoms with E-state index in [2.05, 4.69) is 38.0 Å². The van der Waals surface area contributed by atoms with Gasteiger partial charge < -0.3 is 5.32 Å². The van der Waals surface area contributed by atoms with Crippen molar-refractivity contribution in [3.8, 4) is 11.4 Å². The average molecular weight is 269 g/mol. The van der Waals surface area contributed by atoms with Crippen LogP contribution >= 0.6 is 0 Å². The van der Waals surface area contributed by atoms with Crippen LogP contribution in [0, 0.1) is 6.92 Å². The molecule has 3 rings (SSSR count). The highest BCUT2D eigenvalue weighted by atomic mass is 15.5. The minimum atomic E-state index is 0.589. The van der Waals surface area contributed by atoms with Crippen molar-refractivity contribution in [3.05, 3.63) is 41.7 Å². The van der Waals surface area contributed by atoms with Gasteiger partial charge in [0.2, 0.25) is 5.82 Å². The number of nitrogens with zero attached hydrogens (tertiary/aromatic N) is 5. The SMILES string of the molecule is Cc1c(CNc2cccc(-c3nn[nH]n3)c2)cnn1C. The highest BCUT2D eigenvalue weighted by Gasteiger charge is 2.05. The summed E-state index contributed by atoms with van der Waals surface area (Å²) in [4.78, 5) is 0. The molecule has 0 unspecified atom stereocenters. The smallest absolute Gasteiger partial charge is 0.204 e. The number of tetrazole rings is 1. The molecule has 0 bridgehead atoms. The van der Waals surface area contributed by atoms with E-state index in [4.69, 9.17) is 0 Å². The molecule has 1 aromatic carbocycles.